The zero-order chi connectivity index (χ0) is 16.2. The zero-order valence-electron chi connectivity index (χ0n) is 12.8. The molecule has 0 radical (unpaired) electrons. The minimum Gasteiger partial charge on any atom is -0.389 e. The summed E-state index contributed by atoms with van der Waals surface area (Å²) < 4.78 is 8.40. The minimum atomic E-state index is -0.785. The van der Waals surface area contributed by atoms with Crippen LogP contribution in [0.5, 0.6) is 0 Å². The number of ether oxygens (including phenoxy) is 1. The lowest BCUT2D eigenvalue weighted by molar-refractivity contribution is 0.0198. The summed E-state index contributed by atoms with van der Waals surface area (Å²) in [6, 6.07) is 9.72. The van der Waals surface area contributed by atoms with E-state index in [1.165, 1.54) is 17.1 Å². The predicted octanol–water partition coefficient (Wildman–Crippen LogP) is 0.708. The number of aliphatic hydroxyl groups excluding tert-OH is 1. The van der Waals surface area contributed by atoms with Gasteiger partial charge < -0.3 is 9.84 Å². The summed E-state index contributed by atoms with van der Waals surface area (Å²) in [5, 5.41) is 14.5. The van der Waals surface area contributed by atoms with Crippen LogP contribution < -0.4 is 5.56 Å². The second-order valence-corrected chi connectivity index (χ2v) is 5.36. The van der Waals surface area contributed by atoms with Gasteiger partial charge in [0.2, 0.25) is 0 Å². The van der Waals surface area contributed by atoms with E-state index in [9.17, 15) is 9.90 Å². The lowest BCUT2D eigenvalue weighted by Gasteiger charge is -2.13. The number of aliphatic hydroxyl groups is 1. The molecule has 0 aliphatic heterocycles. The fourth-order valence-corrected chi connectivity index (χ4v) is 2.36. The van der Waals surface area contributed by atoms with Gasteiger partial charge in [0, 0.05) is 7.05 Å². The lowest BCUT2D eigenvalue weighted by Crippen LogP contribution is -2.29. The third-order valence-corrected chi connectivity index (χ3v) is 3.55. The van der Waals surface area contributed by atoms with Crippen LogP contribution in [0.1, 0.15) is 5.56 Å². The molecule has 2 heterocycles. The first-order valence-electron chi connectivity index (χ1n) is 7.32. The maximum atomic E-state index is 12.3. The van der Waals surface area contributed by atoms with Gasteiger partial charge in [0.1, 0.15) is 11.7 Å². The number of benzene rings is 1. The van der Waals surface area contributed by atoms with Gasteiger partial charge in [-0.05, 0) is 5.56 Å². The molecule has 0 bridgehead atoms. The largest absolute Gasteiger partial charge is 0.389 e. The van der Waals surface area contributed by atoms with Gasteiger partial charge in [-0.2, -0.15) is 5.10 Å². The monoisotopic (exact) mass is 314 g/mol. The van der Waals surface area contributed by atoms with Gasteiger partial charge in [0.25, 0.3) is 5.56 Å². The molecule has 2 aromatic heterocycles. The highest BCUT2D eigenvalue weighted by atomic mass is 16.5. The Morgan fingerprint density at radius 1 is 1.30 bits per heavy atom. The van der Waals surface area contributed by atoms with Gasteiger partial charge in [-0.3, -0.25) is 14.0 Å². The number of nitrogens with zero attached hydrogens (tertiary/aromatic N) is 4. The van der Waals surface area contributed by atoms with Crippen LogP contribution in [0.2, 0.25) is 0 Å². The average molecular weight is 314 g/mol. The van der Waals surface area contributed by atoms with E-state index in [0.717, 1.165) is 5.56 Å². The normalized spacial score (nSPS) is 12.6. The average Bonchev–Trinajstić information content (AvgIpc) is 2.93. The highest BCUT2D eigenvalue weighted by Gasteiger charge is 2.11. The Labute approximate surface area is 132 Å². The quantitative estimate of drug-likeness (QED) is 0.724. The van der Waals surface area contributed by atoms with Crippen molar-refractivity contribution in [2.75, 3.05) is 6.61 Å². The third kappa shape index (κ3) is 3.46. The van der Waals surface area contributed by atoms with Crippen LogP contribution in [0, 0.1) is 0 Å². The molecule has 3 aromatic rings. The molecule has 1 N–H and O–H groups in total. The van der Waals surface area contributed by atoms with E-state index in [0.29, 0.717) is 17.6 Å². The summed E-state index contributed by atoms with van der Waals surface area (Å²) in [6.45, 7) is 0.699. The number of rotatable bonds is 6. The van der Waals surface area contributed by atoms with E-state index < -0.39 is 6.10 Å². The van der Waals surface area contributed by atoms with E-state index >= 15 is 0 Å². The molecule has 0 saturated carbocycles. The summed E-state index contributed by atoms with van der Waals surface area (Å²) in [6.07, 6.45) is 2.12. The van der Waals surface area contributed by atoms with Crippen molar-refractivity contribution in [3.63, 3.8) is 0 Å². The van der Waals surface area contributed by atoms with Crippen LogP contribution in [0.25, 0.3) is 11.0 Å². The van der Waals surface area contributed by atoms with Crippen LogP contribution in [0.4, 0.5) is 0 Å². The molecule has 3 rings (SSSR count). The van der Waals surface area contributed by atoms with Crippen molar-refractivity contribution in [1.82, 2.24) is 19.3 Å². The maximum absolute atomic E-state index is 12.3. The summed E-state index contributed by atoms with van der Waals surface area (Å²) in [4.78, 5) is 16.5. The summed E-state index contributed by atoms with van der Waals surface area (Å²) in [5.41, 5.74) is 1.35. The number of hydrogen-bond acceptors (Lipinski definition) is 5. The number of aryl methyl sites for hydroxylation is 1. The second-order valence-electron chi connectivity index (χ2n) is 5.36. The molecule has 1 atom stereocenters. The Morgan fingerprint density at radius 2 is 2.09 bits per heavy atom. The van der Waals surface area contributed by atoms with Crippen LogP contribution in [0.15, 0.2) is 47.7 Å². The summed E-state index contributed by atoms with van der Waals surface area (Å²) in [5.74, 6) is 0. The van der Waals surface area contributed by atoms with Crippen molar-refractivity contribution in [3.8, 4) is 0 Å². The van der Waals surface area contributed by atoms with Gasteiger partial charge >= 0.3 is 0 Å². The van der Waals surface area contributed by atoms with E-state index in [1.54, 1.807) is 11.7 Å². The molecule has 0 spiro atoms. The summed E-state index contributed by atoms with van der Waals surface area (Å²) >= 11 is 0. The molecule has 0 fully saturated rings. The van der Waals surface area contributed by atoms with E-state index in [1.807, 2.05) is 30.3 Å². The third-order valence-electron chi connectivity index (χ3n) is 3.55. The molecule has 1 aromatic carbocycles. The Balaban J connectivity index is 1.60. The predicted molar refractivity (Wildman–Crippen MR) is 84.9 cm³/mol. The van der Waals surface area contributed by atoms with Crippen LogP contribution in [-0.4, -0.2) is 37.1 Å². The van der Waals surface area contributed by atoms with Gasteiger partial charge in [0.05, 0.1) is 32.1 Å². The first-order valence-corrected chi connectivity index (χ1v) is 7.32. The molecule has 0 saturated heterocycles. The van der Waals surface area contributed by atoms with Crippen LogP contribution in [0.3, 0.4) is 0 Å². The van der Waals surface area contributed by atoms with Crippen LogP contribution >= 0.6 is 0 Å². The topological polar surface area (TPSA) is 82.2 Å². The summed E-state index contributed by atoms with van der Waals surface area (Å²) in [7, 11) is 1.73. The molecular weight excluding hydrogens is 296 g/mol. The molecule has 0 aliphatic rings. The number of hydrogen-bond donors (Lipinski definition) is 1. The Hall–Kier alpha value is -2.51. The van der Waals surface area contributed by atoms with Crippen LogP contribution in [-0.2, 0) is 24.9 Å². The van der Waals surface area contributed by atoms with Gasteiger partial charge in [-0.1, -0.05) is 30.3 Å². The van der Waals surface area contributed by atoms with Gasteiger partial charge in [0.15, 0.2) is 5.65 Å². The van der Waals surface area contributed by atoms with Gasteiger partial charge in [-0.25, -0.2) is 4.98 Å². The van der Waals surface area contributed by atoms with Crippen molar-refractivity contribution in [2.45, 2.75) is 19.3 Å². The molecular formula is C16H18N4O3. The van der Waals surface area contributed by atoms with E-state index in [2.05, 4.69) is 10.1 Å². The molecule has 7 nitrogen and oxygen atoms in total. The highest BCUT2D eigenvalue weighted by molar-refractivity contribution is 5.72. The van der Waals surface area contributed by atoms with Crippen molar-refractivity contribution in [1.29, 1.82) is 0 Å². The highest BCUT2D eigenvalue weighted by Crippen LogP contribution is 2.04. The first-order chi connectivity index (χ1) is 11.1. The van der Waals surface area contributed by atoms with Gasteiger partial charge in [-0.15, -0.1) is 0 Å². The Morgan fingerprint density at radius 3 is 2.87 bits per heavy atom. The standard InChI is InChI=1S/C16H18N4O3/c1-19-15-14(7-18-19)16(22)20(11-17-15)8-13(21)10-23-9-12-5-3-2-4-6-12/h2-7,11,13,21H,8-10H2,1H3/t13-/m1/s1. The van der Waals surface area contributed by atoms with Crippen molar-refractivity contribution < 1.29 is 9.84 Å². The Kier molecular flexibility index (Phi) is 4.50. The fourth-order valence-electron chi connectivity index (χ4n) is 2.36. The molecule has 0 unspecified atom stereocenters. The van der Waals surface area contributed by atoms with E-state index in [-0.39, 0.29) is 18.7 Å². The SMILES string of the molecule is Cn1ncc2c(=O)n(C[C@@H](O)COCc3ccccc3)cnc21. The van der Waals surface area contributed by atoms with Crippen molar-refractivity contribution in [2.24, 2.45) is 7.05 Å². The van der Waals surface area contributed by atoms with Crippen molar-refractivity contribution >= 4 is 11.0 Å². The van der Waals surface area contributed by atoms with Crippen molar-refractivity contribution in [3.05, 3.63) is 58.8 Å². The molecule has 23 heavy (non-hydrogen) atoms. The zero-order valence-corrected chi connectivity index (χ0v) is 12.8. The molecule has 0 amide bonds. The lowest BCUT2D eigenvalue weighted by atomic mass is 10.2. The molecule has 120 valence electrons. The second kappa shape index (κ2) is 6.72. The smallest absolute Gasteiger partial charge is 0.264 e. The molecule has 7 heteroatoms. The minimum absolute atomic E-state index is 0.130. The Bertz CT molecular complexity index is 841. The number of aromatic nitrogens is 4. The fraction of sp³-hybridized carbons (Fsp3) is 0.312. The number of fused-ring (bicyclic) bond motifs is 1. The molecule has 0 aliphatic carbocycles. The van der Waals surface area contributed by atoms with E-state index in [4.69, 9.17) is 4.74 Å². The maximum Gasteiger partial charge on any atom is 0.264 e. The first kappa shape index (κ1) is 15.4.